The Balaban J connectivity index is 2.01. The molecule has 2 aliphatic carbocycles. The third-order valence-corrected chi connectivity index (χ3v) is 5.54. The molecule has 1 aliphatic heterocycles. The molecule has 20 heavy (non-hydrogen) atoms. The zero-order valence-corrected chi connectivity index (χ0v) is 12.6. The number of carbonyl (C=O) groups excluding carboxylic acids is 1. The quantitative estimate of drug-likeness (QED) is 0.792. The van der Waals surface area contributed by atoms with Gasteiger partial charge >= 0.3 is 0 Å². The third-order valence-electron chi connectivity index (χ3n) is 5.54. The van der Waals surface area contributed by atoms with E-state index in [0.717, 1.165) is 31.3 Å². The van der Waals surface area contributed by atoms with Crippen molar-refractivity contribution in [3.8, 4) is 0 Å². The van der Waals surface area contributed by atoms with Crippen molar-refractivity contribution in [1.29, 1.82) is 0 Å². The van der Waals surface area contributed by atoms with Crippen LogP contribution in [-0.2, 0) is 14.3 Å². The molecule has 3 heteroatoms. The summed E-state index contributed by atoms with van der Waals surface area (Å²) in [5, 5.41) is 0. The van der Waals surface area contributed by atoms with Crippen LogP contribution in [0, 0.1) is 11.3 Å². The number of ketones is 1. The highest BCUT2D eigenvalue weighted by Gasteiger charge is 2.65. The minimum atomic E-state index is -0.573. The molecule has 1 saturated heterocycles. The molecule has 0 N–H and O–H groups in total. The Bertz CT molecular complexity index is 475. The number of ether oxygens (including phenoxy) is 2. The van der Waals surface area contributed by atoms with Crippen LogP contribution in [-0.4, -0.2) is 23.8 Å². The molecule has 0 spiro atoms. The summed E-state index contributed by atoms with van der Waals surface area (Å²) in [4.78, 5) is 12.9. The molecule has 2 fully saturated rings. The Morgan fingerprint density at radius 1 is 1.40 bits per heavy atom. The van der Waals surface area contributed by atoms with Crippen LogP contribution in [0.25, 0.3) is 0 Å². The Labute approximate surface area is 121 Å². The van der Waals surface area contributed by atoms with E-state index in [2.05, 4.69) is 33.4 Å². The fourth-order valence-corrected chi connectivity index (χ4v) is 4.22. The molecule has 0 unspecified atom stereocenters. The summed E-state index contributed by atoms with van der Waals surface area (Å²) in [5.41, 5.74) is 0.813. The summed E-state index contributed by atoms with van der Waals surface area (Å²) in [6.45, 7) is 10.1. The fourth-order valence-electron chi connectivity index (χ4n) is 4.22. The Kier molecular flexibility index (Phi) is 3.18. The number of rotatable bonds is 3. The first-order valence-corrected chi connectivity index (χ1v) is 7.74. The van der Waals surface area contributed by atoms with Gasteiger partial charge in [0.1, 0.15) is 12.2 Å². The van der Waals surface area contributed by atoms with Crippen LogP contribution in [0.4, 0.5) is 0 Å². The molecular formula is C17H24O3. The van der Waals surface area contributed by atoms with E-state index < -0.39 is 11.9 Å². The number of hydrogen-bond donors (Lipinski definition) is 0. The standard InChI is InChI=1S/C17H24O3/c1-5-11-9-8-10-16(4)12(11)13-14(15(16)18)20-17(6-2,7-3)19-13/h5,9,12-14H,1,6-8,10H2,2-4H3/t12-,13-,14-,16+/m0/s1. The Morgan fingerprint density at radius 2 is 2.10 bits per heavy atom. The van der Waals surface area contributed by atoms with Crippen LogP contribution in [0.2, 0.25) is 0 Å². The SMILES string of the molecule is C=CC1=CCC[C@@]2(C)C(=O)[C@H]3OC(CC)(CC)O[C@H]3[C@H]12. The molecule has 1 saturated carbocycles. The average molecular weight is 276 g/mol. The molecule has 0 radical (unpaired) electrons. The molecule has 110 valence electrons. The minimum Gasteiger partial charge on any atom is -0.343 e. The first-order valence-electron chi connectivity index (χ1n) is 7.74. The van der Waals surface area contributed by atoms with E-state index in [4.69, 9.17) is 9.47 Å². The van der Waals surface area contributed by atoms with Crippen molar-refractivity contribution in [3.63, 3.8) is 0 Å². The van der Waals surface area contributed by atoms with Crippen molar-refractivity contribution in [1.82, 2.24) is 0 Å². The number of fused-ring (bicyclic) bond motifs is 3. The van der Waals surface area contributed by atoms with Crippen LogP contribution < -0.4 is 0 Å². The fraction of sp³-hybridized carbons (Fsp3) is 0.706. The molecule has 1 heterocycles. The molecule has 0 amide bonds. The highest BCUT2D eigenvalue weighted by Crippen LogP contribution is 2.56. The molecule has 3 aliphatic rings. The second-order valence-electron chi connectivity index (χ2n) is 6.45. The summed E-state index contributed by atoms with van der Waals surface area (Å²) in [5.74, 6) is -0.245. The van der Waals surface area contributed by atoms with Crippen LogP contribution in [0.1, 0.15) is 46.5 Å². The molecule has 3 rings (SSSR count). The Hall–Kier alpha value is -0.930. The predicted molar refractivity (Wildman–Crippen MR) is 77.2 cm³/mol. The van der Waals surface area contributed by atoms with E-state index in [0.29, 0.717) is 0 Å². The van der Waals surface area contributed by atoms with Gasteiger partial charge in [-0.15, -0.1) is 0 Å². The van der Waals surface area contributed by atoms with Gasteiger partial charge in [-0.2, -0.15) is 0 Å². The van der Waals surface area contributed by atoms with Gasteiger partial charge in [0.15, 0.2) is 11.6 Å². The smallest absolute Gasteiger partial charge is 0.170 e. The summed E-state index contributed by atoms with van der Waals surface area (Å²) in [7, 11) is 0. The first kappa shape index (κ1) is 14.0. The summed E-state index contributed by atoms with van der Waals surface area (Å²) >= 11 is 0. The van der Waals surface area contributed by atoms with Gasteiger partial charge in [-0.3, -0.25) is 4.79 Å². The van der Waals surface area contributed by atoms with E-state index in [9.17, 15) is 4.79 Å². The van der Waals surface area contributed by atoms with Gasteiger partial charge in [-0.25, -0.2) is 0 Å². The van der Waals surface area contributed by atoms with Gasteiger partial charge in [0.2, 0.25) is 0 Å². The largest absolute Gasteiger partial charge is 0.343 e. The monoisotopic (exact) mass is 276 g/mol. The zero-order chi connectivity index (χ0) is 14.5. The second kappa shape index (κ2) is 4.54. The maximum Gasteiger partial charge on any atom is 0.170 e. The van der Waals surface area contributed by atoms with Gasteiger partial charge in [-0.05, 0) is 31.3 Å². The van der Waals surface area contributed by atoms with Crippen molar-refractivity contribution in [2.45, 2.75) is 64.4 Å². The van der Waals surface area contributed by atoms with Crippen LogP contribution in [0.5, 0.6) is 0 Å². The third kappa shape index (κ3) is 1.63. The maximum absolute atomic E-state index is 12.9. The van der Waals surface area contributed by atoms with Crippen molar-refractivity contribution in [2.75, 3.05) is 0 Å². The summed E-state index contributed by atoms with van der Waals surface area (Å²) in [6.07, 6.45) is 6.93. The average Bonchev–Trinajstić information content (AvgIpc) is 2.93. The molecular weight excluding hydrogens is 252 g/mol. The molecule has 3 nitrogen and oxygen atoms in total. The lowest BCUT2D eigenvalue weighted by Crippen LogP contribution is -2.40. The van der Waals surface area contributed by atoms with Crippen LogP contribution >= 0.6 is 0 Å². The van der Waals surface area contributed by atoms with E-state index in [1.54, 1.807) is 0 Å². The minimum absolute atomic E-state index is 0.103. The van der Waals surface area contributed by atoms with Gasteiger partial charge in [0.25, 0.3) is 0 Å². The second-order valence-corrected chi connectivity index (χ2v) is 6.45. The topological polar surface area (TPSA) is 35.5 Å². The van der Waals surface area contributed by atoms with Gasteiger partial charge in [0, 0.05) is 11.3 Å². The molecule has 0 aromatic heterocycles. The Morgan fingerprint density at radius 3 is 2.70 bits per heavy atom. The lowest BCUT2D eigenvalue weighted by molar-refractivity contribution is -0.195. The van der Waals surface area contributed by atoms with Crippen molar-refractivity contribution in [2.24, 2.45) is 11.3 Å². The van der Waals surface area contributed by atoms with Gasteiger partial charge in [0.05, 0.1) is 0 Å². The lowest BCUT2D eigenvalue weighted by atomic mass is 9.68. The van der Waals surface area contributed by atoms with Crippen LogP contribution in [0.15, 0.2) is 24.3 Å². The van der Waals surface area contributed by atoms with E-state index in [1.807, 2.05) is 6.08 Å². The van der Waals surface area contributed by atoms with Crippen LogP contribution in [0.3, 0.4) is 0 Å². The number of allylic oxidation sites excluding steroid dienone is 2. The molecule has 0 bridgehead atoms. The van der Waals surface area contributed by atoms with Gasteiger partial charge in [-0.1, -0.05) is 39.5 Å². The number of Topliss-reactive ketones (excluding diaryl/α,β-unsaturated/α-hetero) is 1. The number of hydrogen-bond acceptors (Lipinski definition) is 3. The normalized spacial score (nSPS) is 42.0. The molecule has 0 aromatic rings. The number of carbonyl (C=O) groups is 1. The first-order chi connectivity index (χ1) is 9.51. The highest BCUT2D eigenvalue weighted by atomic mass is 16.8. The zero-order valence-electron chi connectivity index (χ0n) is 12.6. The maximum atomic E-state index is 12.9. The van der Waals surface area contributed by atoms with Gasteiger partial charge < -0.3 is 9.47 Å². The van der Waals surface area contributed by atoms with E-state index in [-0.39, 0.29) is 23.2 Å². The predicted octanol–water partition coefficient (Wildman–Crippen LogP) is 3.40. The van der Waals surface area contributed by atoms with E-state index in [1.165, 1.54) is 0 Å². The van der Waals surface area contributed by atoms with Crippen molar-refractivity contribution >= 4 is 5.78 Å². The molecule has 0 aromatic carbocycles. The van der Waals surface area contributed by atoms with E-state index >= 15 is 0 Å². The molecule has 4 atom stereocenters. The van der Waals surface area contributed by atoms with Crippen molar-refractivity contribution < 1.29 is 14.3 Å². The van der Waals surface area contributed by atoms with Crippen molar-refractivity contribution in [3.05, 3.63) is 24.3 Å². The summed E-state index contributed by atoms with van der Waals surface area (Å²) in [6, 6.07) is 0. The highest BCUT2D eigenvalue weighted by molar-refractivity contribution is 5.93. The summed E-state index contributed by atoms with van der Waals surface area (Å²) < 4.78 is 12.4. The lowest BCUT2D eigenvalue weighted by Gasteiger charge is -2.38.